The van der Waals surface area contributed by atoms with Gasteiger partial charge in [0.1, 0.15) is 0 Å². The molecule has 0 radical (unpaired) electrons. The van der Waals surface area contributed by atoms with Gasteiger partial charge in [-0.25, -0.2) is 4.79 Å². The first-order valence-corrected chi connectivity index (χ1v) is 8.98. The number of aromatic nitrogens is 1. The van der Waals surface area contributed by atoms with Gasteiger partial charge in [0.25, 0.3) is 5.91 Å². The number of ether oxygens (including phenoxy) is 1. The summed E-state index contributed by atoms with van der Waals surface area (Å²) in [6, 6.07) is 15.2. The zero-order chi connectivity index (χ0) is 18.7. The molecule has 1 amide bonds. The highest BCUT2D eigenvalue weighted by Gasteiger charge is 2.19. The monoisotopic (exact) mass is 414 g/mol. The van der Waals surface area contributed by atoms with Crippen LogP contribution in [-0.2, 0) is 16.1 Å². The molecular formula is C20H19BrN2O3. The topological polar surface area (TPSA) is 62.4 Å². The number of hydrogen-bond acceptors (Lipinski definition) is 3. The lowest BCUT2D eigenvalue weighted by atomic mass is 10.1. The van der Waals surface area contributed by atoms with E-state index in [1.807, 2.05) is 55.5 Å². The molecule has 0 aliphatic heterocycles. The maximum Gasteiger partial charge on any atom is 0.341 e. The van der Waals surface area contributed by atoms with Crippen LogP contribution in [0.1, 0.15) is 21.6 Å². The van der Waals surface area contributed by atoms with Crippen LogP contribution in [0.5, 0.6) is 0 Å². The Hall–Kier alpha value is -2.60. The number of H-pyrrole nitrogens is 1. The molecule has 1 N–H and O–H groups in total. The maximum atomic E-state index is 12.5. The number of aryl methyl sites for hydroxylation is 1. The number of rotatable bonds is 5. The SMILES string of the molecule is Cc1[nH]c2ccccc2c1C(=O)OCC(=O)N(C)Cc1ccccc1Br. The average molecular weight is 415 g/mol. The van der Waals surface area contributed by atoms with Crippen LogP contribution in [0, 0.1) is 6.92 Å². The molecule has 2 aromatic carbocycles. The van der Waals surface area contributed by atoms with Crippen LogP contribution in [-0.4, -0.2) is 35.4 Å². The molecule has 0 aliphatic rings. The molecule has 0 unspecified atom stereocenters. The number of para-hydroxylation sites is 1. The van der Waals surface area contributed by atoms with E-state index in [-0.39, 0.29) is 12.5 Å². The van der Waals surface area contributed by atoms with Crippen LogP contribution in [0.15, 0.2) is 53.0 Å². The largest absolute Gasteiger partial charge is 0.452 e. The van der Waals surface area contributed by atoms with Crippen molar-refractivity contribution in [1.82, 2.24) is 9.88 Å². The number of fused-ring (bicyclic) bond motifs is 1. The van der Waals surface area contributed by atoms with Crippen molar-refractivity contribution < 1.29 is 14.3 Å². The van der Waals surface area contributed by atoms with Crippen LogP contribution in [0.2, 0.25) is 0 Å². The van der Waals surface area contributed by atoms with Crippen LogP contribution >= 0.6 is 15.9 Å². The van der Waals surface area contributed by atoms with E-state index in [2.05, 4.69) is 20.9 Å². The van der Waals surface area contributed by atoms with E-state index >= 15 is 0 Å². The molecule has 0 spiro atoms. The van der Waals surface area contributed by atoms with Crippen LogP contribution < -0.4 is 0 Å². The van der Waals surface area contributed by atoms with Crippen molar-refractivity contribution in [2.24, 2.45) is 0 Å². The fraction of sp³-hybridized carbons (Fsp3) is 0.200. The van der Waals surface area contributed by atoms with E-state index in [1.54, 1.807) is 7.05 Å². The van der Waals surface area contributed by atoms with E-state index in [4.69, 9.17) is 4.74 Å². The smallest absolute Gasteiger partial charge is 0.341 e. The van der Waals surface area contributed by atoms with Gasteiger partial charge in [-0.15, -0.1) is 0 Å². The number of amides is 1. The third-order valence-corrected chi connectivity index (χ3v) is 4.99. The number of nitrogens with one attached hydrogen (secondary N) is 1. The van der Waals surface area contributed by atoms with Gasteiger partial charge in [0.2, 0.25) is 0 Å². The Kier molecular flexibility index (Phi) is 5.42. The Morgan fingerprint density at radius 3 is 2.58 bits per heavy atom. The molecule has 0 atom stereocenters. The molecule has 0 saturated heterocycles. The predicted molar refractivity (Wildman–Crippen MR) is 104 cm³/mol. The molecule has 0 bridgehead atoms. The molecule has 5 nitrogen and oxygen atoms in total. The predicted octanol–water partition coefficient (Wildman–Crippen LogP) is 4.05. The normalized spacial score (nSPS) is 10.7. The molecule has 3 aromatic rings. The summed E-state index contributed by atoms with van der Waals surface area (Å²) in [6.07, 6.45) is 0. The summed E-state index contributed by atoms with van der Waals surface area (Å²) >= 11 is 3.47. The van der Waals surface area contributed by atoms with E-state index in [0.717, 1.165) is 26.6 Å². The summed E-state index contributed by atoms with van der Waals surface area (Å²) in [7, 11) is 1.69. The first-order chi connectivity index (χ1) is 12.5. The van der Waals surface area contributed by atoms with Gasteiger partial charge in [-0.05, 0) is 24.6 Å². The molecule has 26 heavy (non-hydrogen) atoms. The fourth-order valence-corrected chi connectivity index (χ4v) is 3.23. The molecular weight excluding hydrogens is 396 g/mol. The lowest BCUT2D eigenvalue weighted by molar-refractivity contribution is -0.133. The van der Waals surface area contributed by atoms with E-state index in [1.165, 1.54) is 4.90 Å². The van der Waals surface area contributed by atoms with Gasteiger partial charge in [-0.2, -0.15) is 0 Å². The third-order valence-electron chi connectivity index (χ3n) is 4.22. The number of carbonyl (C=O) groups excluding carboxylic acids is 2. The van der Waals surface area contributed by atoms with Gasteiger partial charge in [-0.3, -0.25) is 4.79 Å². The first-order valence-electron chi connectivity index (χ1n) is 8.19. The second-order valence-corrected chi connectivity index (χ2v) is 6.94. The van der Waals surface area contributed by atoms with Crippen molar-refractivity contribution in [3.8, 4) is 0 Å². The van der Waals surface area contributed by atoms with Crippen LogP contribution in [0.4, 0.5) is 0 Å². The number of aromatic amines is 1. The zero-order valence-corrected chi connectivity index (χ0v) is 16.2. The Morgan fingerprint density at radius 1 is 1.12 bits per heavy atom. The van der Waals surface area contributed by atoms with E-state index in [9.17, 15) is 9.59 Å². The average Bonchev–Trinajstić information content (AvgIpc) is 2.97. The Labute approximate surface area is 160 Å². The Balaban J connectivity index is 1.64. The number of nitrogens with zero attached hydrogens (tertiary/aromatic N) is 1. The van der Waals surface area contributed by atoms with Crippen molar-refractivity contribution in [3.05, 3.63) is 69.8 Å². The van der Waals surface area contributed by atoms with Crippen molar-refractivity contribution in [2.45, 2.75) is 13.5 Å². The highest BCUT2D eigenvalue weighted by molar-refractivity contribution is 9.10. The maximum absolute atomic E-state index is 12.5. The fourth-order valence-electron chi connectivity index (χ4n) is 2.82. The van der Waals surface area contributed by atoms with E-state index < -0.39 is 5.97 Å². The van der Waals surface area contributed by atoms with Gasteiger partial charge in [0.05, 0.1) is 5.56 Å². The summed E-state index contributed by atoms with van der Waals surface area (Å²) in [4.78, 5) is 29.5. The lowest BCUT2D eigenvalue weighted by Gasteiger charge is -2.18. The van der Waals surface area contributed by atoms with Crippen LogP contribution in [0.25, 0.3) is 10.9 Å². The second-order valence-electron chi connectivity index (χ2n) is 6.09. The van der Waals surface area contributed by atoms with Crippen molar-refractivity contribution in [3.63, 3.8) is 0 Å². The number of likely N-dealkylation sites (N-methyl/N-ethyl adjacent to an activating group) is 1. The quantitative estimate of drug-likeness (QED) is 0.640. The van der Waals surface area contributed by atoms with Gasteiger partial charge >= 0.3 is 5.97 Å². The van der Waals surface area contributed by atoms with Crippen molar-refractivity contribution in [1.29, 1.82) is 0 Å². The van der Waals surface area contributed by atoms with Gasteiger partial charge < -0.3 is 14.6 Å². The van der Waals surface area contributed by atoms with Crippen molar-refractivity contribution in [2.75, 3.05) is 13.7 Å². The third kappa shape index (κ3) is 3.80. The molecule has 0 saturated carbocycles. The van der Waals surface area contributed by atoms with Gasteiger partial charge in [0.15, 0.2) is 6.61 Å². The number of benzene rings is 2. The molecule has 1 aromatic heterocycles. The number of carbonyl (C=O) groups is 2. The molecule has 6 heteroatoms. The second kappa shape index (κ2) is 7.74. The number of hydrogen-bond donors (Lipinski definition) is 1. The van der Waals surface area contributed by atoms with Gasteiger partial charge in [0, 0.05) is 34.7 Å². The highest BCUT2D eigenvalue weighted by atomic mass is 79.9. The summed E-state index contributed by atoms with van der Waals surface area (Å²) in [5, 5.41) is 0.795. The first kappa shape index (κ1) is 18.2. The summed E-state index contributed by atoms with van der Waals surface area (Å²) in [6.45, 7) is 1.96. The summed E-state index contributed by atoms with van der Waals surface area (Å²) in [5.41, 5.74) is 3.06. The molecule has 0 fully saturated rings. The molecule has 1 heterocycles. The standard InChI is InChI=1S/C20H19BrN2O3/c1-13-19(15-8-4-6-10-17(15)22-13)20(25)26-12-18(24)23(2)11-14-7-3-5-9-16(14)21/h3-10,22H,11-12H2,1-2H3. The van der Waals surface area contributed by atoms with Gasteiger partial charge in [-0.1, -0.05) is 52.3 Å². The minimum atomic E-state index is -0.498. The summed E-state index contributed by atoms with van der Waals surface area (Å²) in [5.74, 6) is -0.755. The van der Waals surface area contributed by atoms with E-state index in [0.29, 0.717) is 12.1 Å². The zero-order valence-electron chi connectivity index (χ0n) is 14.6. The highest BCUT2D eigenvalue weighted by Crippen LogP contribution is 2.22. The Bertz CT molecular complexity index is 965. The Morgan fingerprint density at radius 2 is 1.81 bits per heavy atom. The minimum absolute atomic E-state index is 0.258. The number of halogens is 1. The van der Waals surface area contributed by atoms with Crippen LogP contribution in [0.3, 0.4) is 0 Å². The van der Waals surface area contributed by atoms with Crippen molar-refractivity contribution >= 4 is 38.7 Å². The lowest BCUT2D eigenvalue weighted by Crippen LogP contribution is -2.31. The molecule has 0 aliphatic carbocycles. The number of esters is 1. The summed E-state index contributed by atoms with van der Waals surface area (Å²) < 4.78 is 6.20. The molecule has 134 valence electrons. The minimum Gasteiger partial charge on any atom is -0.452 e. The molecule has 3 rings (SSSR count).